The topological polar surface area (TPSA) is 132 Å². The van der Waals surface area contributed by atoms with Crippen LogP contribution in [-0.4, -0.2) is 72.6 Å². The van der Waals surface area contributed by atoms with Crippen molar-refractivity contribution < 1.29 is 47.7 Å². The Labute approximate surface area is 240 Å². The summed E-state index contributed by atoms with van der Waals surface area (Å²) in [5.41, 5.74) is -1.12. The standard InChI is InChI=1S/C11H16O4.C7H10O3.C6H11BrO2.C4H8O/c1-7(2)8(12)15-11(5)6-14-9(13)10(11,3)4;1-5(2)7(9)10-4-6(3)8;1-4-9-5(8)6(2,3)7;1-2-4-5-3-1/h1,6H2,2-5H3;1,4H2,2-3H3;4H2,1-3H3;1-4H2. The van der Waals surface area contributed by atoms with Crippen LogP contribution in [0.2, 0.25) is 0 Å². The van der Waals surface area contributed by atoms with E-state index < -0.39 is 27.3 Å². The van der Waals surface area contributed by atoms with Gasteiger partial charge in [-0.3, -0.25) is 14.4 Å². The van der Waals surface area contributed by atoms with Crippen LogP contribution in [-0.2, 0) is 47.7 Å². The number of esters is 4. The van der Waals surface area contributed by atoms with Gasteiger partial charge in [0.25, 0.3) is 0 Å². The highest BCUT2D eigenvalue weighted by atomic mass is 79.9. The van der Waals surface area contributed by atoms with E-state index in [2.05, 4.69) is 33.8 Å². The van der Waals surface area contributed by atoms with Gasteiger partial charge in [-0.05, 0) is 75.2 Å². The number of carbonyl (C=O) groups excluding carboxylic acids is 5. The second kappa shape index (κ2) is 17.9. The molecule has 0 aromatic heterocycles. The third kappa shape index (κ3) is 15.6. The van der Waals surface area contributed by atoms with Gasteiger partial charge in [0.15, 0.2) is 11.4 Å². The molecule has 0 saturated carbocycles. The lowest BCUT2D eigenvalue weighted by Crippen LogP contribution is -2.46. The second-order valence-corrected chi connectivity index (χ2v) is 12.2. The number of hydrogen-bond acceptors (Lipinski definition) is 10. The number of ether oxygens (including phenoxy) is 5. The third-order valence-electron chi connectivity index (χ3n) is 5.32. The van der Waals surface area contributed by atoms with Gasteiger partial charge in [0.1, 0.15) is 23.0 Å². The third-order valence-corrected chi connectivity index (χ3v) is 5.64. The molecule has 0 spiro atoms. The molecular weight excluding hydrogens is 576 g/mol. The molecule has 224 valence electrons. The monoisotopic (exact) mass is 620 g/mol. The number of Topliss-reactive ketones (excluding diaryl/α,β-unsaturated/α-hetero) is 1. The maximum atomic E-state index is 11.4. The molecule has 1 unspecified atom stereocenters. The minimum Gasteiger partial charge on any atom is -0.465 e. The summed E-state index contributed by atoms with van der Waals surface area (Å²) in [6.45, 7) is 24.1. The average molecular weight is 622 g/mol. The Balaban J connectivity index is 0. The number of carbonyl (C=O) groups is 5. The van der Waals surface area contributed by atoms with Crippen LogP contribution in [0.15, 0.2) is 24.3 Å². The van der Waals surface area contributed by atoms with Gasteiger partial charge in [0.05, 0.1) is 6.61 Å². The highest BCUT2D eigenvalue weighted by molar-refractivity contribution is 9.10. The fourth-order valence-electron chi connectivity index (χ4n) is 2.33. The molecule has 1 atom stereocenters. The van der Waals surface area contributed by atoms with E-state index in [-0.39, 0.29) is 30.9 Å². The van der Waals surface area contributed by atoms with Gasteiger partial charge >= 0.3 is 23.9 Å². The van der Waals surface area contributed by atoms with E-state index in [4.69, 9.17) is 18.9 Å². The molecule has 2 rings (SSSR count). The van der Waals surface area contributed by atoms with Crippen molar-refractivity contribution in [3.63, 3.8) is 0 Å². The van der Waals surface area contributed by atoms with Crippen LogP contribution in [0, 0.1) is 5.41 Å². The number of halogens is 1. The van der Waals surface area contributed by atoms with Crippen LogP contribution in [0.5, 0.6) is 0 Å². The summed E-state index contributed by atoms with van der Waals surface area (Å²) in [6.07, 6.45) is 2.56. The molecule has 2 saturated heterocycles. The first-order chi connectivity index (χ1) is 17.7. The van der Waals surface area contributed by atoms with Crippen molar-refractivity contribution in [2.24, 2.45) is 5.41 Å². The summed E-state index contributed by atoms with van der Waals surface area (Å²) in [4.78, 5) is 54.5. The van der Waals surface area contributed by atoms with Gasteiger partial charge in [-0.2, -0.15) is 0 Å². The number of hydrogen-bond donors (Lipinski definition) is 0. The summed E-state index contributed by atoms with van der Waals surface area (Å²) in [7, 11) is 0. The molecule has 2 heterocycles. The highest BCUT2D eigenvalue weighted by Crippen LogP contribution is 2.41. The smallest absolute Gasteiger partial charge is 0.333 e. The first kappa shape index (κ1) is 38.6. The van der Waals surface area contributed by atoms with Gasteiger partial charge in [0.2, 0.25) is 0 Å². The van der Waals surface area contributed by atoms with Crippen molar-refractivity contribution in [3.05, 3.63) is 24.3 Å². The van der Waals surface area contributed by atoms with Crippen LogP contribution in [0.3, 0.4) is 0 Å². The van der Waals surface area contributed by atoms with E-state index in [1.54, 1.807) is 48.5 Å². The predicted molar refractivity (Wildman–Crippen MR) is 150 cm³/mol. The second-order valence-electron chi connectivity index (χ2n) is 10.2. The van der Waals surface area contributed by atoms with Gasteiger partial charge in [-0.25, -0.2) is 9.59 Å². The van der Waals surface area contributed by atoms with Crippen molar-refractivity contribution in [1.29, 1.82) is 0 Å². The summed E-state index contributed by atoms with van der Waals surface area (Å²) >= 11 is 3.17. The Hall–Kier alpha value is -2.53. The van der Waals surface area contributed by atoms with Gasteiger partial charge < -0.3 is 23.7 Å². The van der Waals surface area contributed by atoms with Gasteiger partial charge in [0, 0.05) is 24.4 Å². The normalized spacial score (nSPS) is 18.8. The Bertz CT molecular complexity index is 874. The molecule has 0 aromatic carbocycles. The van der Waals surface area contributed by atoms with E-state index in [1.807, 2.05) is 0 Å². The molecule has 0 bridgehead atoms. The maximum absolute atomic E-state index is 11.4. The zero-order chi connectivity index (χ0) is 31.0. The van der Waals surface area contributed by atoms with E-state index in [9.17, 15) is 24.0 Å². The number of alkyl halides is 1. The molecule has 39 heavy (non-hydrogen) atoms. The Morgan fingerprint density at radius 3 is 1.69 bits per heavy atom. The van der Waals surface area contributed by atoms with E-state index in [0.717, 1.165) is 13.2 Å². The summed E-state index contributed by atoms with van der Waals surface area (Å²) in [5.74, 6) is -1.75. The van der Waals surface area contributed by atoms with Crippen molar-refractivity contribution in [3.8, 4) is 0 Å². The summed E-state index contributed by atoms with van der Waals surface area (Å²) in [5, 5.41) is 0. The lowest BCUT2D eigenvalue weighted by Gasteiger charge is -2.32. The lowest BCUT2D eigenvalue weighted by atomic mass is 9.78. The average Bonchev–Trinajstić information content (AvgIpc) is 3.46. The minimum atomic E-state index is -0.917. The Morgan fingerprint density at radius 2 is 1.44 bits per heavy atom. The summed E-state index contributed by atoms with van der Waals surface area (Å²) < 4.78 is 23.8. The van der Waals surface area contributed by atoms with Gasteiger partial charge in [-0.15, -0.1) is 0 Å². The Morgan fingerprint density at radius 1 is 0.949 bits per heavy atom. The van der Waals surface area contributed by atoms with E-state index in [0.29, 0.717) is 17.8 Å². The van der Waals surface area contributed by atoms with Crippen molar-refractivity contribution in [2.45, 2.75) is 85.1 Å². The number of cyclic esters (lactones) is 1. The zero-order valence-electron chi connectivity index (χ0n) is 24.8. The van der Waals surface area contributed by atoms with Crippen molar-refractivity contribution in [2.75, 3.05) is 33.0 Å². The van der Waals surface area contributed by atoms with Gasteiger partial charge in [-0.1, -0.05) is 29.1 Å². The lowest BCUT2D eigenvalue weighted by molar-refractivity contribution is -0.162. The fraction of sp³-hybridized carbons (Fsp3) is 0.679. The minimum absolute atomic E-state index is 0.0951. The first-order valence-corrected chi connectivity index (χ1v) is 13.3. The Kier molecular flexibility index (Phi) is 17.8. The number of ketones is 1. The van der Waals surface area contributed by atoms with Crippen molar-refractivity contribution >= 4 is 45.6 Å². The SMILES string of the molecule is C1CCOC1.C=C(C)C(=O)OC1(C)COC(=O)C1(C)C.C=C(C)C(=O)OCC(C)=O.CCOC(=O)C(C)(C)Br. The predicted octanol–water partition coefficient (Wildman–Crippen LogP) is 4.66. The largest absolute Gasteiger partial charge is 0.465 e. The molecule has 0 radical (unpaired) electrons. The quantitative estimate of drug-likeness (QED) is 0.171. The molecule has 0 amide bonds. The van der Waals surface area contributed by atoms with Crippen LogP contribution >= 0.6 is 15.9 Å². The maximum Gasteiger partial charge on any atom is 0.333 e. The molecular formula is C28H45BrO10. The molecule has 10 nitrogen and oxygen atoms in total. The first-order valence-electron chi connectivity index (χ1n) is 12.5. The van der Waals surface area contributed by atoms with Crippen LogP contribution in [0.4, 0.5) is 0 Å². The molecule has 0 N–H and O–H groups in total. The molecule has 0 aromatic rings. The fourth-order valence-corrected chi connectivity index (χ4v) is 2.45. The molecule has 2 aliphatic rings. The molecule has 2 fully saturated rings. The van der Waals surface area contributed by atoms with Crippen molar-refractivity contribution in [1.82, 2.24) is 0 Å². The molecule has 11 heteroatoms. The van der Waals surface area contributed by atoms with Crippen LogP contribution < -0.4 is 0 Å². The zero-order valence-corrected chi connectivity index (χ0v) is 26.4. The highest BCUT2D eigenvalue weighted by Gasteiger charge is 2.57. The van der Waals surface area contributed by atoms with E-state index >= 15 is 0 Å². The van der Waals surface area contributed by atoms with Crippen LogP contribution in [0.25, 0.3) is 0 Å². The van der Waals surface area contributed by atoms with E-state index in [1.165, 1.54) is 26.7 Å². The van der Waals surface area contributed by atoms with Crippen LogP contribution in [0.1, 0.15) is 75.2 Å². The molecule has 2 aliphatic heterocycles. The molecule has 0 aliphatic carbocycles. The summed E-state index contributed by atoms with van der Waals surface area (Å²) in [6, 6.07) is 0. The number of rotatable bonds is 7.